The summed E-state index contributed by atoms with van der Waals surface area (Å²) in [5, 5.41) is 0. The van der Waals surface area contributed by atoms with Crippen molar-refractivity contribution in [2.45, 2.75) is 32.8 Å². The van der Waals surface area contributed by atoms with Gasteiger partial charge in [-0.2, -0.15) is 0 Å². The maximum Gasteiger partial charge on any atom is 0.146 e. The van der Waals surface area contributed by atoms with E-state index in [9.17, 15) is 0 Å². The van der Waals surface area contributed by atoms with Gasteiger partial charge in [-0.3, -0.25) is 0 Å². The fourth-order valence-electron chi connectivity index (χ4n) is 1.88. The molecule has 102 valence electrons. The van der Waals surface area contributed by atoms with Crippen molar-refractivity contribution in [1.29, 1.82) is 0 Å². The number of nitrogens with zero attached hydrogens (tertiary/aromatic N) is 1. The van der Waals surface area contributed by atoms with Crippen molar-refractivity contribution >= 4 is 0 Å². The molecule has 4 heteroatoms. The fraction of sp³-hybridized carbons (Fsp3) is 0.400. The molecular formula is C15H21N3O. The van der Waals surface area contributed by atoms with Crippen molar-refractivity contribution in [3.63, 3.8) is 0 Å². The number of hydrogen-bond acceptors (Lipinski definition) is 3. The van der Waals surface area contributed by atoms with E-state index in [-0.39, 0.29) is 0 Å². The molecule has 0 bridgehead atoms. The first-order valence-corrected chi connectivity index (χ1v) is 6.64. The predicted molar refractivity (Wildman–Crippen MR) is 76.2 cm³/mol. The molecule has 2 rings (SSSR count). The molecule has 19 heavy (non-hydrogen) atoms. The molecule has 3 N–H and O–H groups in total. The normalized spacial score (nSPS) is 10.9. The lowest BCUT2D eigenvalue weighted by molar-refractivity contribution is 0.296. The maximum atomic E-state index is 5.75. The summed E-state index contributed by atoms with van der Waals surface area (Å²) >= 11 is 0. The molecule has 0 aliphatic carbocycles. The Hall–Kier alpha value is -1.81. The van der Waals surface area contributed by atoms with Gasteiger partial charge in [-0.25, -0.2) is 4.98 Å². The third kappa shape index (κ3) is 3.83. The van der Waals surface area contributed by atoms with Crippen LogP contribution in [0.25, 0.3) is 0 Å². The first-order chi connectivity index (χ1) is 9.19. The maximum absolute atomic E-state index is 5.75. The zero-order valence-corrected chi connectivity index (χ0v) is 11.5. The topological polar surface area (TPSA) is 63.9 Å². The standard InChI is InChI=1S/C15H21N3O/c1-11(2)12-4-3-5-14(8-12)19-10-15-17-9-13(18-15)6-7-16/h3-5,8-9,11H,6-7,10,16H2,1-2H3,(H,17,18). The van der Waals surface area contributed by atoms with Crippen molar-refractivity contribution in [1.82, 2.24) is 9.97 Å². The number of aromatic nitrogens is 2. The SMILES string of the molecule is CC(C)c1cccc(OCc2ncc(CCN)[nH]2)c1. The number of nitrogens with one attached hydrogen (secondary N) is 1. The van der Waals surface area contributed by atoms with Crippen molar-refractivity contribution in [2.24, 2.45) is 5.73 Å². The molecule has 1 aromatic heterocycles. The van der Waals surface area contributed by atoms with Crippen molar-refractivity contribution in [2.75, 3.05) is 6.54 Å². The third-order valence-electron chi connectivity index (χ3n) is 3.00. The van der Waals surface area contributed by atoms with Crippen LogP contribution in [-0.4, -0.2) is 16.5 Å². The van der Waals surface area contributed by atoms with Gasteiger partial charge in [0, 0.05) is 18.3 Å². The lowest BCUT2D eigenvalue weighted by Crippen LogP contribution is -2.03. The van der Waals surface area contributed by atoms with E-state index in [1.165, 1.54) is 5.56 Å². The fourth-order valence-corrected chi connectivity index (χ4v) is 1.88. The van der Waals surface area contributed by atoms with Crippen molar-refractivity contribution in [3.8, 4) is 5.75 Å². The highest BCUT2D eigenvalue weighted by Crippen LogP contribution is 2.20. The van der Waals surface area contributed by atoms with Gasteiger partial charge in [0.1, 0.15) is 18.2 Å². The predicted octanol–water partition coefficient (Wildman–Crippen LogP) is 2.61. The summed E-state index contributed by atoms with van der Waals surface area (Å²) < 4.78 is 5.75. The van der Waals surface area contributed by atoms with E-state index in [2.05, 4.69) is 35.9 Å². The number of aromatic amines is 1. The second-order valence-corrected chi connectivity index (χ2v) is 4.91. The number of hydrogen-bond donors (Lipinski definition) is 2. The Morgan fingerprint density at radius 2 is 2.21 bits per heavy atom. The van der Waals surface area contributed by atoms with Crippen LogP contribution in [0.4, 0.5) is 0 Å². The van der Waals surface area contributed by atoms with Gasteiger partial charge in [-0.1, -0.05) is 26.0 Å². The smallest absolute Gasteiger partial charge is 0.146 e. The summed E-state index contributed by atoms with van der Waals surface area (Å²) in [6.45, 7) is 5.42. The molecular weight excluding hydrogens is 238 g/mol. The number of ether oxygens (including phenoxy) is 1. The monoisotopic (exact) mass is 259 g/mol. The Morgan fingerprint density at radius 1 is 1.37 bits per heavy atom. The van der Waals surface area contributed by atoms with Crippen LogP contribution in [0.15, 0.2) is 30.5 Å². The van der Waals surface area contributed by atoms with E-state index < -0.39 is 0 Å². The Balaban J connectivity index is 1.95. The van der Waals surface area contributed by atoms with E-state index >= 15 is 0 Å². The zero-order chi connectivity index (χ0) is 13.7. The first-order valence-electron chi connectivity index (χ1n) is 6.64. The highest BCUT2D eigenvalue weighted by molar-refractivity contribution is 5.30. The molecule has 0 aliphatic heterocycles. The number of nitrogens with two attached hydrogens (primary N) is 1. The highest BCUT2D eigenvalue weighted by Gasteiger charge is 2.03. The molecule has 2 aromatic rings. The van der Waals surface area contributed by atoms with Gasteiger partial charge in [-0.15, -0.1) is 0 Å². The minimum absolute atomic E-state index is 0.451. The number of imidazole rings is 1. The highest BCUT2D eigenvalue weighted by atomic mass is 16.5. The van der Waals surface area contributed by atoms with Crippen molar-refractivity contribution < 1.29 is 4.74 Å². The van der Waals surface area contributed by atoms with Crippen LogP contribution in [0.5, 0.6) is 5.75 Å². The van der Waals surface area contributed by atoms with Gasteiger partial charge in [-0.05, 0) is 30.2 Å². The lowest BCUT2D eigenvalue weighted by atomic mass is 10.0. The van der Waals surface area contributed by atoms with Crippen LogP contribution in [0.3, 0.4) is 0 Å². The molecule has 0 unspecified atom stereocenters. The second-order valence-electron chi connectivity index (χ2n) is 4.91. The molecule has 1 aromatic carbocycles. The number of benzene rings is 1. The van der Waals surface area contributed by atoms with Crippen LogP contribution < -0.4 is 10.5 Å². The summed E-state index contributed by atoms with van der Waals surface area (Å²) in [5.74, 6) is 2.21. The molecule has 0 radical (unpaired) electrons. The van der Waals surface area contributed by atoms with Crippen LogP contribution >= 0.6 is 0 Å². The summed E-state index contributed by atoms with van der Waals surface area (Å²) in [6, 6.07) is 8.18. The molecule has 0 atom stereocenters. The summed E-state index contributed by atoms with van der Waals surface area (Å²) in [4.78, 5) is 7.48. The van der Waals surface area contributed by atoms with Gasteiger partial charge in [0.2, 0.25) is 0 Å². The molecule has 0 fully saturated rings. The molecule has 0 amide bonds. The molecule has 0 saturated carbocycles. The number of H-pyrrole nitrogens is 1. The minimum atomic E-state index is 0.451. The van der Waals surface area contributed by atoms with E-state index in [1.54, 1.807) is 0 Å². The van der Waals surface area contributed by atoms with Crippen LogP contribution in [0.2, 0.25) is 0 Å². The lowest BCUT2D eigenvalue weighted by Gasteiger charge is -2.09. The average Bonchev–Trinajstić information content (AvgIpc) is 2.85. The van der Waals surface area contributed by atoms with Gasteiger partial charge in [0.25, 0.3) is 0 Å². The van der Waals surface area contributed by atoms with E-state index in [0.29, 0.717) is 19.1 Å². The van der Waals surface area contributed by atoms with Gasteiger partial charge in [0.05, 0.1) is 0 Å². The van der Waals surface area contributed by atoms with Crippen LogP contribution in [0, 0.1) is 0 Å². The summed E-state index contributed by atoms with van der Waals surface area (Å²) in [7, 11) is 0. The van der Waals surface area contributed by atoms with E-state index in [4.69, 9.17) is 10.5 Å². The Kier molecular flexibility index (Phi) is 4.58. The molecule has 1 heterocycles. The zero-order valence-electron chi connectivity index (χ0n) is 11.5. The second kappa shape index (κ2) is 6.38. The quantitative estimate of drug-likeness (QED) is 0.838. The Bertz CT molecular complexity index is 520. The van der Waals surface area contributed by atoms with Gasteiger partial charge in [0.15, 0.2) is 0 Å². The molecule has 4 nitrogen and oxygen atoms in total. The average molecular weight is 259 g/mol. The van der Waals surface area contributed by atoms with Gasteiger partial charge >= 0.3 is 0 Å². The third-order valence-corrected chi connectivity index (χ3v) is 3.00. The first kappa shape index (κ1) is 13.6. The summed E-state index contributed by atoms with van der Waals surface area (Å²) in [5.41, 5.74) is 7.83. The minimum Gasteiger partial charge on any atom is -0.486 e. The van der Waals surface area contributed by atoms with Crippen LogP contribution in [-0.2, 0) is 13.0 Å². The molecule has 0 spiro atoms. The number of rotatable bonds is 6. The van der Waals surface area contributed by atoms with Gasteiger partial charge < -0.3 is 15.5 Å². The Morgan fingerprint density at radius 3 is 2.95 bits per heavy atom. The summed E-state index contributed by atoms with van der Waals surface area (Å²) in [6.07, 6.45) is 2.63. The van der Waals surface area contributed by atoms with Crippen LogP contribution in [0.1, 0.15) is 36.8 Å². The molecule has 0 saturated heterocycles. The van der Waals surface area contributed by atoms with E-state index in [0.717, 1.165) is 23.7 Å². The largest absolute Gasteiger partial charge is 0.486 e. The van der Waals surface area contributed by atoms with Crippen molar-refractivity contribution in [3.05, 3.63) is 47.5 Å². The molecule has 0 aliphatic rings. The van der Waals surface area contributed by atoms with E-state index in [1.807, 2.05) is 18.3 Å². The Labute approximate surface area is 114 Å².